The van der Waals surface area contributed by atoms with Crippen molar-refractivity contribution in [3.8, 4) is 0 Å². The highest BCUT2D eigenvalue weighted by atomic mass is 16.2. The number of carbonyl (C=O) groups excluding carboxylic acids is 3. The van der Waals surface area contributed by atoms with Crippen LogP contribution >= 0.6 is 0 Å². The first kappa shape index (κ1) is 17.5. The van der Waals surface area contributed by atoms with E-state index in [0.29, 0.717) is 17.2 Å². The Balaban J connectivity index is 1.58. The van der Waals surface area contributed by atoms with Crippen LogP contribution in [0.4, 0.5) is 4.79 Å². The topological polar surface area (TPSA) is 71.4 Å². The Morgan fingerprint density at radius 2 is 1.85 bits per heavy atom. The van der Waals surface area contributed by atoms with E-state index in [9.17, 15) is 14.4 Å². The second-order valence-corrected chi connectivity index (χ2v) is 7.62. The van der Waals surface area contributed by atoms with Crippen LogP contribution in [-0.4, -0.2) is 33.7 Å². The summed E-state index contributed by atoms with van der Waals surface area (Å²) in [5.74, 6) is -0.612. The number of nitrogens with one attached hydrogen (secondary N) is 1. The van der Waals surface area contributed by atoms with Crippen LogP contribution in [0.5, 0.6) is 0 Å². The van der Waals surface area contributed by atoms with Crippen LogP contribution in [0, 0.1) is 13.8 Å². The number of hydrogen-bond acceptors (Lipinski definition) is 3. The number of benzene rings is 1. The maximum atomic E-state index is 13.0. The Bertz CT molecular complexity index is 943. The largest absolute Gasteiger partial charge is 0.345 e. The molecule has 6 heteroatoms. The first-order chi connectivity index (χ1) is 12.8. The summed E-state index contributed by atoms with van der Waals surface area (Å²) in [4.78, 5) is 39.3. The molecule has 2 fully saturated rings. The molecule has 4 rings (SSSR count). The van der Waals surface area contributed by atoms with Gasteiger partial charge in [0, 0.05) is 23.0 Å². The van der Waals surface area contributed by atoms with E-state index >= 15 is 0 Å². The molecule has 0 radical (unpaired) electrons. The Morgan fingerprint density at radius 1 is 1.19 bits per heavy atom. The third kappa shape index (κ3) is 2.76. The lowest BCUT2D eigenvalue weighted by atomic mass is 9.92. The minimum atomic E-state index is -1.15. The van der Waals surface area contributed by atoms with Gasteiger partial charge in [0.15, 0.2) is 5.78 Å². The number of hydrogen-bond donors (Lipinski definition) is 1. The number of aryl methyl sites for hydroxylation is 1. The molecule has 1 N–H and O–H groups in total. The van der Waals surface area contributed by atoms with Gasteiger partial charge in [-0.25, -0.2) is 4.79 Å². The molecular weight excluding hydrogens is 342 g/mol. The molecule has 1 aromatic carbocycles. The normalized spacial score (nSPS) is 22.3. The van der Waals surface area contributed by atoms with Gasteiger partial charge < -0.3 is 9.88 Å². The van der Waals surface area contributed by atoms with Crippen molar-refractivity contribution in [3.63, 3.8) is 0 Å². The standard InChI is InChI=1S/C21H23N3O3/c1-13-11-17(14(2)24(13)16-9-10-16)18(25)12-23-19(26)21(3,22-20(23)27)15-7-5-4-6-8-15/h4-8,11,16H,9-10,12H2,1-3H3,(H,22,27). The maximum Gasteiger partial charge on any atom is 0.325 e. The van der Waals surface area contributed by atoms with E-state index in [-0.39, 0.29) is 12.3 Å². The lowest BCUT2D eigenvalue weighted by molar-refractivity contribution is -0.130. The average Bonchev–Trinajstić information content (AvgIpc) is 3.40. The molecule has 1 aliphatic carbocycles. The van der Waals surface area contributed by atoms with Gasteiger partial charge in [-0.15, -0.1) is 0 Å². The molecule has 2 aromatic rings. The molecule has 1 saturated heterocycles. The molecule has 1 unspecified atom stereocenters. The molecule has 6 nitrogen and oxygen atoms in total. The number of ketones is 1. The molecule has 2 aliphatic rings. The van der Waals surface area contributed by atoms with Crippen molar-refractivity contribution >= 4 is 17.7 Å². The Labute approximate surface area is 158 Å². The van der Waals surface area contributed by atoms with Crippen molar-refractivity contribution in [2.24, 2.45) is 0 Å². The molecule has 1 aliphatic heterocycles. The fourth-order valence-electron chi connectivity index (χ4n) is 3.99. The Morgan fingerprint density at radius 3 is 2.48 bits per heavy atom. The van der Waals surface area contributed by atoms with Crippen molar-refractivity contribution in [3.05, 3.63) is 58.9 Å². The minimum Gasteiger partial charge on any atom is -0.345 e. The zero-order valence-corrected chi connectivity index (χ0v) is 15.8. The summed E-state index contributed by atoms with van der Waals surface area (Å²) in [5.41, 5.74) is 2.10. The predicted molar refractivity (Wildman–Crippen MR) is 101 cm³/mol. The zero-order chi connectivity index (χ0) is 19.3. The molecule has 140 valence electrons. The van der Waals surface area contributed by atoms with Crippen LogP contribution < -0.4 is 5.32 Å². The molecule has 0 spiro atoms. The first-order valence-corrected chi connectivity index (χ1v) is 9.24. The first-order valence-electron chi connectivity index (χ1n) is 9.24. The van der Waals surface area contributed by atoms with E-state index in [0.717, 1.165) is 29.1 Å². The third-order valence-electron chi connectivity index (χ3n) is 5.62. The number of carbonyl (C=O) groups is 3. The van der Waals surface area contributed by atoms with E-state index < -0.39 is 17.5 Å². The van der Waals surface area contributed by atoms with Crippen molar-refractivity contribution in [1.29, 1.82) is 0 Å². The predicted octanol–water partition coefficient (Wildman–Crippen LogP) is 3.09. The van der Waals surface area contributed by atoms with Gasteiger partial charge in [-0.2, -0.15) is 0 Å². The van der Waals surface area contributed by atoms with Gasteiger partial charge in [-0.1, -0.05) is 30.3 Å². The van der Waals surface area contributed by atoms with Crippen LogP contribution in [0.3, 0.4) is 0 Å². The summed E-state index contributed by atoms with van der Waals surface area (Å²) < 4.78 is 2.19. The molecule has 3 amide bonds. The summed E-state index contributed by atoms with van der Waals surface area (Å²) >= 11 is 0. The molecule has 1 aromatic heterocycles. The smallest absolute Gasteiger partial charge is 0.325 e. The highest BCUT2D eigenvalue weighted by Gasteiger charge is 2.49. The van der Waals surface area contributed by atoms with Crippen molar-refractivity contribution in [2.75, 3.05) is 6.54 Å². The number of aromatic nitrogens is 1. The fourth-order valence-corrected chi connectivity index (χ4v) is 3.99. The van der Waals surface area contributed by atoms with Gasteiger partial charge in [0.25, 0.3) is 5.91 Å². The van der Waals surface area contributed by atoms with Crippen LogP contribution in [0.25, 0.3) is 0 Å². The van der Waals surface area contributed by atoms with Crippen LogP contribution in [0.1, 0.15) is 53.1 Å². The monoisotopic (exact) mass is 365 g/mol. The maximum absolute atomic E-state index is 13.0. The summed E-state index contributed by atoms with van der Waals surface area (Å²) in [6, 6.07) is 10.9. The quantitative estimate of drug-likeness (QED) is 0.654. The number of amides is 3. The highest BCUT2D eigenvalue weighted by molar-refractivity contribution is 6.11. The van der Waals surface area contributed by atoms with E-state index in [1.807, 2.05) is 38.1 Å². The van der Waals surface area contributed by atoms with Crippen molar-refractivity contribution in [1.82, 2.24) is 14.8 Å². The van der Waals surface area contributed by atoms with Crippen molar-refractivity contribution < 1.29 is 14.4 Å². The highest BCUT2D eigenvalue weighted by Crippen LogP contribution is 2.38. The van der Waals surface area contributed by atoms with Gasteiger partial charge in [0.1, 0.15) is 5.54 Å². The molecular formula is C21H23N3O3. The lowest BCUT2D eigenvalue weighted by Gasteiger charge is -2.22. The Kier molecular flexibility index (Phi) is 3.94. The van der Waals surface area contributed by atoms with Crippen LogP contribution in [0.2, 0.25) is 0 Å². The number of urea groups is 1. The van der Waals surface area contributed by atoms with Gasteiger partial charge in [0.05, 0.1) is 6.54 Å². The molecule has 2 heterocycles. The number of rotatable bonds is 5. The molecule has 0 bridgehead atoms. The van der Waals surface area contributed by atoms with E-state index in [4.69, 9.17) is 0 Å². The Hall–Kier alpha value is -2.89. The molecule has 1 atom stereocenters. The average molecular weight is 365 g/mol. The number of nitrogens with zero attached hydrogens (tertiary/aromatic N) is 2. The van der Waals surface area contributed by atoms with Gasteiger partial charge in [-0.05, 0) is 45.2 Å². The summed E-state index contributed by atoms with van der Waals surface area (Å²) in [7, 11) is 0. The van der Waals surface area contributed by atoms with Crippen LogP contribution in [0.15, 0.2) is 36.4 Å². The summed E-state index contributed by atoms with van der Waals surface area (Å²) in [6.07, 6.45) is 2.26. The number of imide groups is 1. The second-order valence-electron chi connectivity index (χ2n) is 7.62. The van der Waals surface area contributed by atoms with Crippen LogP contribution in [-0.2, 0) is 10.3 Å². The SMILES string of the molecule is Cc1cc(C(=O)CN2C(=O)NC(C)(c3ccccc3)C2=O)c(C)n1C1CC1. The van der Waals surface area contributed by atoms with E-state index in [1.54, 1.807) is 19.1 Å². The van der Waals surface area contributed by atoms with Gasteiger partial charge >= 0.3 is 6.03 Å². The summed E-state index contributed by atoms with van der Waals surface area (Å²) in [6.45, 7) is 5.34. The van der Waals surface area contributed by atoms with Gasteiger partial charge in [0.2, 0.25) is 0 Å². The lowest BCUT2D eigenvalue weighted by Crippen LogP contribution is -2.41. The number of Topliss-reactive ketones (excluding diaryl/α,β-unsaturated/α-hetero) is 1. The molecule has 27 heavy (non-hydrogen) atoms. The van der Waals surface area contributed by atoms with Crippen molar-refractivity contribution in [2.45, 2.75) is 45.2 Å². The van der Waals surface area contributed by atoms with Gasteiger partial charge in [-0.3, -0.25) is 14.5 Å². The fraction of sp³-hybridized carbons (Fsp3) is 0.381. The van der Waals surface area contributed by atoms with E-state index in [1.165, 1.54) is 0 Å². The zero-order valence-electron chi connectivity index (χ0n) is 15.8. The van der Waals surface area contributed by atoms with E-state index in [2.05, 4.69) is 9.88 Å². The minimum absolute atomic E-state index is 0.212. The molecule has 1 saturated carbocycles. The second kappa shape index (κ2) is 6.08. The third-order valence-corrected chi connectivity index (χ3v) is 5.62. The summed E-state index contributed by atoms with van der Waals surface area (Å²) in [5, 5.41) is 2.74.